The summed E-state index contributed by atoms with van der Waals surface area (Å²) >= 11 is 0. The van der Waals surface area contributed by atoms with Gasteiger partial charge in [0.1, 0.15) is 0 Å². The van der Waals surface area contributed by atoms with Crippen molar-refractivity contribution in [2.24, 2.45) is 0 Å². The molecule has 0 amide bonds. The van der Waals surface area contributed by atoms with Crippen LogP contribution < -0.4 is 9.80 Å². The third kappa shape index (κ3) is 2.99. The second-order valence-corrected chi connectivity index (χ2v) is 6.93. The third-order valence-corrected chi connectivity index (χ3v) is 5.30. The predicted molar refractivity (Wildman–Crippen MR) is 88.5 cm³/mol. The van der Waals surface area contributed by atoms with E-state index in [-0.39, 0.29) is 5.82 Å². The number of halogens is 1. The first-order chi connectivity index (χ1) is 11.2. The maximum atomic E-state index is 14.1. The molecular formula is C16H25FN6. The molecule has 0 spiro atoms. The smallest absolute Gasteiger partial charge is 0.227 e. The number of hydrogen-bond acceptors (Lipinski definition) is 6. The lowest BCUT2D eigenvalue weighted by Gasteiger charge is -2.46. The van der Waals surface area contributed by atoms with Gasteiger partial charge < -0.3 is 14.7 Å². The molecule has 0 aromatic carbocycles. The molecule has 1 aromatic heterocycles. The molecule has 23 heavy (non-hydrogen) atoms. The molecule has 4 heterocycles. The van der Waals surface area contributed by atoms with Gasteiger partial charge in [0.25, 0.3) is 0 Å². The Bertz CT molecular complexity index is 562. The molecule has 0 saturated carbocycles. The van der Waals surface area contributed by atoms with Crippen LogP contribution >= 0.6 is 0 Å². The topological polar surface area (TPSA) is 38.7 Å². The van der Waals surface area contributed by atoms with Crippen molar-refractivity contribution in [2.75, 3.05) is 69.2 Å². The number of piperazine rings is 2. The molecule has 0 bridgehead atoms. The van der Waals surface area contributed by atoms with E-state index < -0.39 is 0 Å². The Balaban J connectivity index is 1.52. The second-order valence-electron chi connectivity index (χ2n) is 6.93. The lowest BCUT2D eigenvalue weighted by atomic mass is 10.1. The van der Waals surface area contributed by atoms with Gasteiger partial charge in [0.15, 0.2) is 11.6 Å². The van der Waals surface area contributed by atoms with Crippen molar-refractivity contribution in [3.8, 4) is 0 Å². The molecule has 1 atom stereocenters. The summed E-state index contributed by atoms with van der Waals surface area (Å²) in [5.41, 5.74) is 0. The van der Waals surface area contributed by atoms with E-state index in [0.717, 1.165) is 65.2 Å². The fraction of sp³-hybridized carbons (Fsp3) is 0.750. The van der Waals surface area contributed by atoms with Crippen LogP contribution in [0.4, 0.5) is 16.2 Å². The molecule has 6 nitrogen and oxygen atoms in total. The van der Waals surface area contributed by atoms with Crippen molar-refractivity contribution >= 4 is 11.8 Å². The zero-order chi connectivity index (χ0) is 15.8. The Morgan fingerprint density at radius 3 is 2.61 bits per heavy atom. The highest BCUT2D eigenvalue weighted by atomic mass is 19.1. The van der Waals surface area contributed by atoms with E-state index in [1.807, 2.05) is 4.90 Å². The Morgan fingerprint density at radius 2 is 1.78 bits per heavy atom. The SMILES string of the molecule is CN1CCN2CCN(c3ncc(F)c(N4CCCC4)n3)C[C@H]2C1. The van der Waals surface area contributed by atoms with Crippen LogP contribution in [0.15, 0.2) is 6.20 Å². The number of anilines is 2. The summed E-state index contributed by atoms with van der Waals surface area (Å²) in [4.78, 5) is 18.0. The van der Waals surface area contributed by atoms with Crippen LogP contribution in [0.2, 0.25) is 0 Å². The van der Waals surface area contributed by atoms with Crippen molar-refractivity contribution < 1.29 is 4.39 Å². The van der Waals surface area contributed by atoms with Gasteiger partial charge in [0.2, 0.25) is 5.95 Å². The number of hydrogen-bond donors (Lipinski definition) is 0. The Kier molecular flexibility index (Phi) is 4.07. The summed E-state index contributed by atoms with van der Waals surface area (Å²) in [6.45, 7) is 8.04. The van der Waals surface area contributed by atoms with E-state index >= 15 is 0 Å². The summed E-state index contributed by atoms with van der Waals surface area (Å²) in [7, 11) is 2.18. The summed E-state index contributed by atoms with van der Waals surface area (Å²) in [6.07, 6.45) is 3.58. The standard InChI is InChI=1S/C16H25FN6/c1-20-6-7-21-8-9-23(12-13(21)11-20)16-18-10-14(17)15(19-16)22-4-2-3-5-22/h10,13H,2-9,11-12H2,1H3/t13-/m1/s1. The number of likely N-dealkylation sites (N-methyl/N-ethyl adjacent to an activating group) is 1. The molecule has 0 radical (unpaired) electrons. The van der Waals surface area contributed by atoms with Crippen molar-refractivity contribution in [1.29, 1.82) is 0 Å². The molecule has 4 rings (SSSR count). The summed E-state index contributed by atoms with van der Waals surface area (Å²) < 4.78 is 14.1. The van der Waals surface area contributed by atoms with Crippen LogP contribution in [0.25, 0.3) is 0 Å². The first kappa shape index (κ1) is 15.1. The Labute approximate surface area is 136 Å². The zero-order valence-corrected chi connectivity index (χ0v) is 13.8. The van der Waals surface area contributed by atoms with Crippen LogP contribution in [0.5, 0.6) is 0 Å². The van der Waals surface area contributed by atoms with Crippen molar-refractivity contribution in [2.45, 2.75) is 18.9 Å². The van der Waals surface area contributed by atoms with Crippen molar-refractivity contribution in [1.82, 2.24) is 19.8 Å². The number of aromatic nitrogens is 2. The van der Waals surface area contributed by atoms with E-state index in [1.54, 1.807) is 0 Å². The van der Waals surface area contributed by atoms with E-state index in [0.29, 0.717) is 17.8 Å². The molecule has 3 saturated heterocycles. The van der Waals surface area contributed by atoms with Gasteiger partial charge in [-0.1, -0.05) is 0 Å². The first-order valence-corrected chi connectivity index (χ1v) is 8.66. The molecule has 0 unspecified atom stereocenters. The van der Waals surface area contributed by atoms with Gasteiger partial charge in [-0.25, -0.2) is 9.37 Å². The highest BCUT2D eigenvalue weighted by Gasteiger charge is 2.32. The summed E-state index contributed by atoms with van der Waals surface area (Å²) in [5.74, 6) is 0.864. The number of fused-ring (bicyclic) bond motifs is 1. The molecular weight excluding hydrogens is 295 g/mol. The van der Waals surface area contributed by atoms with Crippen molar-refractivity contribution in [3.05, 3.63) is 12.0 Å². The monoisotopic (exact) mass is 320 g/mol. The average Bonchev–Trinajstić information content (AvgIpc) is 3.09. The molecule has 126 valence electrons. The number of nitrogens with zero attached hydrogens (tertiary/aromatic N) is 6. The number of rotatable bonds is 2. The third-order valence-electron chi connectivity index (χ3n) is 5.30. The largest absolute Gasteiger partial charge is 0.354 e. The fourth-order valence-electron chi connectivity index (χ4n) is 3.94. The highest BCUT2D eigenvalue weighted by Crippen LogP contribution is 2.24. The van der Waals surface area contributed by atoms with E-state index in [4.69, 9.17) is 0 Å². The van der Waals surface area contributed by atoms with Gasteiger partial charge in [-0.05, 0) is 19.9 Å². The quantitative estimate of drug-likeness (QED) is 0.797. The first-order valence-electron chi connectivity index (χ1n) is 8.66. The van der Waals surface area contributed by atoms with Gasteiger partial charge in [0.05, 0.1) is 6.20 Å². The van der Waals surface area contributed by atoms with Crippen LogP contribution in [-0.2, 0) is 0 Å². The van der Waals surface area contributed by atoms with Crippen LogP contribution in [0, 0.1) is 5.82 Å². The Hall–Kier alpha value is -1.47. The fourth-order valence-corrected chi connectivity index (χ4v) is 3.94. The minimum Gasteiger partial charge on any atom is -0.354 e. The molecule has 0 aliphatic carbocycles. The molecule has 1 aromatic rings. The summed E-state index contributed by atoms with van der Waals surface area (Å²) in [6, 6.07) is 0.520. The Morgan fingerprint density at radius 1 is 1.00 bits per heavy atom. The maximum absolute atomic E-state index is 14.1. The minimum atomic E-state index is -0.299. The minimum absolute atomic E-state index is 0.299. The van der Waals surface area contributed by atoms with E-state index in [9.17, 15) is 4.39 Å². The molecule has 3 aliphatic heterocycles. The lowest BCUT2D eigenvalue weighted by molar-refractivity contribution is 0.0802. The average molecular weight is 320 g/mol. The van der Waals surface area contributed by atoms with Crippen LogP contribution in [-0.4, -0.2) is 85.2 Å². The van der Waals surface area contributed by atoms with Crippen molar-refractivity contribution in [3.63, 3.8) is 0 Å². The molecule has 7 heteroatoms. The van der Waals surface area contributed by atoms with Gasteiger partial charge in [0, 0.05) is 58.4 Å². The maximum Gasteiger partial charge on any atom is 0.227 e. The van der Waals surface area contributed by atoms with Gasteiger partial charge >= 0.3 is 0 Å². The van der Waals surface area contributed by atoms with Gasteiger partial charge in [-0.3, -0.25) is 4.90 Å². The van der Waals surface area contributed by atoms with Gasteiger partial charge in [-0.15, -0.1) is 0 Å². The highest BCUT2D eigenvalue weighted by molar-refractivity contribution is 5.46. The second kappa shape index (κ2) is 6.20. The van der Waals surface area contributed by atoms with Gasteiger partial charge in [-0.2, -0.15) is 4.98 Å². The zero-order valence-electron chi connectivity index (χ0n) is 13.8. The van der Waals surface area contributed by atoms with Crippen LogP contribution in [0.1, 0.15) is 12.8 Å². The molecule has 3 fully saturated rings. The van der Waals surface area contributed by atoms with Crippen LogP contribution in [0.3, 0.4) is 0 Å². The van der Waals surface area contributed by atoms with E-state index in [2.05, 4.69) is 31.7 Å². The normalized spacial score (nSPS) is 26.6. The molecule has 3 aliphatic rings. The summed E-state index contributed by atoms with van der Waals surface area (Å²) in [5, 5.41) is 0. The molecule has 0 N–H and O–H groups in total. The predicted octanol–water partition coefficient (Wildman–Crippen LogP) is 0.652. The lowest BCUT2D eigenvalue weighted by Crippen LogP contribution is -2.61. The van der Waals surface area contributed by atoms with E-state index in [1.165, 1.54) is 6.20 Å².